The lowest BCUT2D eigenvalue weighted by atomic mass is 10.1. The topological polar surface area (TPSA) is 66.1 Å². The van der Waals surface area contributed by atoms with Crippen LogP contribution < -0.4 is 4.74 Å². The molecule has 2 aromatic rings. The zero-order valence-corrected chi connectivity index (χ0v) is 14.3. The van der Waals surface area contributed by atoms with Crippen LogP contribution in [0, 0.1) is 18.3 Å². The van der Waals surface area contributed by atoms with Crippen molar-refractivity contribution in [3.63, 3.8) is 0 Å². The van der Waals surface area contributed by atoms with Gasteiger partial charge in [0.05, 0.1) is 23.9 Å². The molecule has 0 amide bonds. The summed E-state index contributed by atoms with van der Waals surface area (Å²) >= 11 is 0. The molecular formula is C19H24N2O2. The van der Waals surface area contributed by atoms with Crippen LogP contribution in [0.25, 0.3) is 0 Å². The molecule has 0 radical (unpaired) electrons. The molecule has 0 fully saturated rings. The van der Waals surface area contributed by atoms with Crippen LogP contribution in [0.5, 0.6) is 5.75 Å². The van der Waals surface area contributed by atoms with Crippen LogP contribution in [0.15, 0.2) is 30.5 Å². The third kappa shape index (κ3) is 4.80. The van der Waals surface area contributed by atoms with Crippen LogP contribution >= 0.6 is 0 Å². The summed E-state index contributed by atoms with van der Waals surface area (Å²) < 4.78 is 5.90. The Kier molecular flexibility index (Phi) is 7.79. The molecule has 122 valence electrons. The monoisotopic (exact) mass is 312 g/mol. The predicted octanol–water partition coefficient (Wildman–Crippen LogP) is 3.92. The standard InChI is InChI=1S/C17H18N2O2.C2H6/c1-3-16-15(10-20)9-19-12(2)17(16)21-11-14-6-4-5-13(7-14)8-18;1-2/h4-7,9,20H,3,10-11H2,1-2H3;1-2H3. The van der Waals surface area contributed by atoms with E-state index in [0.29, 0.717) is 12.2 Å². The second-order valence-corrected chi connectivity index (χ2v) is 4.79. The van der Waals surface area contributed by atoms with Crippen molar-refractivity contribution in [3.05, 3.63) is 58.4 Å². The number of aryl methyl sites for hydroxylation is 1. The molecular weight excluding hydrogens is 288 g/mol. The Labute approximate surface area is 138 Å². The number of nitrogens with zero attached hydrogens (tertiary/aromatic N) is 2. The van der Waals surface area contributed by atoms with Crippen LogP contribution in [0.3, 0.4) is 0 Å². The number of rotatable bonds is 5. The molecule has 23 heavy (non-hydrogen) atoms. The van der Waals surface area contributed by atoms with Crippen LogP contribution in [0.2, 0.25) is 0 Å². The first-order valence-electron chi connectivity index (χ1n) is 7.89. The zero-order chi connectivity index (χ0) is 17.2. The summed E-state index contributed by atoms with van der Waals surface area (Å²) in [6.45, 7) is 8.25. The first kappa shape index (κ1) is 18.7. The molecule has 0 aliphatic rings. The first-order chi connectivity index (χ1) is 11.2. The van der Waals surface area contributed by atoms with Gasteiger partial charge in [0.2, 0.25) is 0 Å². The van der Waals surface area contributed by atoms with E-state index in [1.54, 1.807) is 12.3 Å². The molecule has 0 aliphatic heterocycles. The Morgan fingerprint density at radius 3 is 2.65 bits per heavy atom. The van der Waals surface area contributed by atoms with Gasteiger partial charge in [-0.05, 0) is 31.0 Å². The molecule has 1 aromatic carbocycles. The number of ether oxygens (including phenoxy) is 1. The number of aromatic nitrogens is 1. The highest BCUT2D eigenvalue weighted by Gasteiger charge is 2.12. The normalized spacial score (nSPS) is 9.57. The summed E-state index contributed by atoms with van der Waals surface area (Å²) in [5, 5.41) is 18.3. The van der Waals surface area contributed by atoms with Crippen molar-refractivity contribution >= 4 is 0 Å². The maximum atomic E-state index is 9.39. The smallest absolute Gasteiger partial charge is 0.144 e. The van der Waals surface area contributed by atoms with Gasteiger partial charge in [0.25, 0.3) is 0 Å². The Morgan fingerprint density at radius 1 is 1.30 bits per heavy atom. The predicted molar refractivity (Wildman–Crippen MR) is 91.1 cm³/mol. The minimum absolute atomic E-state index is 0.0449. The van der Waals surface area contributed by atoms with Crippen LogP contribution in [0.4, 0.5) is 0 Å². The molecule has 0 saturated carbocycles. The van der Waals surface area contributed by atoms with Crippen molar-refractivity contribution in [2.75, 3.05) is 0 Å². The van der Waals surface area contributed by atoms with Crippen molar-refractivity contribution in [1.29, 1.82) is 5.26 Å². The van der Waals surface area contributed by atoms with Gasteiger partial charge >= 0.3 is 0 Å². The average molecular weight is 312 g/mol. The lowest BCUT2D eigenvalue weighted by Crippen LogP contribution is -2.05. The second-order valence-electron chi connectivity index (χ2n) is 4.79. The van der Waals surface area contributed by atoms with Gasteiger partial charge in [-0.2, -0.15) is 5.26 Å². The Morgan fingerprint density at radius 2 is 2.04 bits per heavy atom. The lowest BCUT2D eigenvalue weighted by Gasteiger charge is -2.15. The molecule has 0 atom stereocenters. The van der Waals surface area contributed by atoms with E-state index in [0.717, 1.165) is 34.6 Å². The Bertz CT molecular complexity index is 676. The molecule has 0 unspecified atom stereocenters. The van der Waals surface area contributed by atoms with E-state index in [1.807, 2.05) is 45.9 Å². The Hall–Kier alpha value is -2.38. The first-order valence-corrected chi connectivity index (χ1v) is 7.89. The number of hydrogen-bond acceptors (Lipinski definition) is 4. The highest BCUT2D eigenvalue weighted by atomic mass is 16.5. The number of aliphatic hydroxyl groups is 1. The van der Waals surface area contributed by atoms with Gasteiger partial charge < -0.3 is 9.84 Å². The largest absolute Gasteiger partial charge is 0.487 e. The number of benzene rings is 1. The number of hydrogen-bond donors (Lipinski definition) is 1. The van der Waals surface area contributed by atoms with Crippen molar-refractivity contribution in [3.8, 4) is 11.8 Å². The van der Waals surface area contributed by atoms with Crippen LogP contribution in [-0.2, 0) is 19.6 Å². The third-order valence-corrected chi connectivity index (χ3v) is 3.37. The molecule has 2 rings (SSSR count). The fraction of sp³-hybridized carbons (Fsp3) is 0.368. The van der Waals surface area contributed by atoms with E-state index in [2.05, 4.69) is 11.1 Å². The van der Waals surface area contributed by atoms with Crippen molar-refractivity contribution in [2.24, 2.45) is 0 Å². The summed E-state index contributed by atoms with van der Waals surface area (Å²) in [5.74, 6) is 0.728. The maximum Gasteiger partial charge on any atom is 0.144 e. The molecule has 0 spiro atoms. The molecule has 1 aromatic heterocycles. The van der Waals surface area contributed by atoms with Gasteiger partial charge in [-0.25, -0.2) is 0 Å². The van der Waals surface area contributed by atoms with Crippen molar-refractivity contribution in [2.45, 2.75) is 47.3 Å². The third-order valence-electron chi connectivity index (χ3n) is 3.37. The SMILES string of the molecule is CC.CCc1c(CO)cnc(C)c1OCc1cccc(C#N)c1. The number of nitriles is 1. The van der Waals surface area contributed by atoms with Gasteiger partial charge in [0, 0.05) is 17.3 Å². The summed E-state index contributed by atoms with van der Waals surface area (Å²) in [5.41, 5.74) is 4.14. The molecule has 4 heteroatoms. The average Bonchev–Trinajstić information content (AvgIpc) is 2.62. The van der Waals surface area contributed by atoms with Crippen LogP contribution in [-0.4, -0.2) is 10.1 Å². The molecule has 4 nitrogen and oxygen atoms in total. The molecule has 0 saturated heterocycles. The molecule has 1 N–H and O–H groups in total. The fourth-order valence-electron chi connectivity index (χ4n) is 2.28. The molecule has 1 heterocycles. The lowest BCUT2D eigenvalue weighted by molar-refractivity contribution is 0.273. The summed E-state index contributed by atoms with van der Waals surface area (Å²) in [6, 6.07) is 9.45. The van der Waals surface area contributed by atoms with Crippen LogP contribution in [0.1, 0.15) is 48.7 Å². The van der Waals surface area contributed by atoms with Gasteiger partial charge in [-0.1, -0.05) is 32.9 Å². The zero-order valence-electron chi connectivity index (χ0n) is 14.3. The molecule has 0 bridgehead atoms. The van der Waals surface area contributed by atoms with E-state index >= 15 is 0 Å². The summed E-state index contributed by atoms with van der Waals surface area (Å²) in [7, 11) is 0. The van der Waals surface area contributed by atoms with Gasteiger partial charge in [0.15, 0.2) is 0 Å². The number of pyridine rings is 1. The Balaban J connectivity index is 0.00000127. The maximum absolute atomic E-state index is 9.39. The molecule has 0 aliphatic carbocycles. The minimum atomic E-state index is -0.0449. The van der Waals surface area contributed by atoms with Crippen molar-refractivity contribution < 1.29 is 9.84 Å². The highest BCUT2D eigenvalue weighted by Crippen LogP contribution is 2.27. The fourth-order valence-corrected chi connectivity index (χ4v) is 2.28. The van der Waals surface area contributed by atoms with E-state index < -0.39 is 0 Å². The minimum Gasteiger partial charge on any atom is -0.487 e. The van der Waals surface area contributed by atoms with Gasteiger partial charge in [-0.15, -0.1) is 0 Å². The van der Waals surface area contributed by atoms with Crippen molar-refractivity contribution in [1.82, 2.24) is 4.98 Å². The summed E-state index contributed by atoms with van der Waals surface area (Å²) in [6.07, 6.45) is 2.46. The number of aliphatic hydroxyl groups excluding tert-OH is 1. The van der Waals surface area contributed by atoms with E-state index in [-0.39, 0.29) is 6.61 Å². The quantitative estimate of drug-likeness (QED) is 0.908. The van der Waals surface area contributed by atoms with Gasteiger partial charge in [0.1, 0.15) is 12.4 Å². The highest BCUT2D eigenvalue weighted by molar-refractivity contribution is 5.42. The second kappa shape index (κ2) is 9.60. The van der Waals surface area contributed by atoms with E-state index in [9.17, 15) is 5.11 Å². The van der Waals surface area contributed by atoms with E-state index in [4.69, 9.17) is 10.00 Å². The summed E-state index contributed by atoms with van der Waals surface area (Å²) in [4.78, 5) is 4.27. The van der Waals surface area contributed by atoms with E-state index in [1.165, 1.54) is 0 Å². The van der Waals surface area contributed by atoms with Gasteiger partial charge in [-0.3, -0.25) is 4.98 Å².